The summed E-state index contributed by atoms with van der Waals surface area (Å²) in [6, 6.07) is 38.9. The zero-order valence-corrected chi connectivity index (χ0v) is 26.9. The van der Waals surface area contributed by atoms with E-state index >= 15 is 0 Å². The first-order valence-electron chi connectivity index (χ1n) is 16.9. The highest BCUT2D eigenvalue weighted by molar-refractivity contribution is 6.10. The molecule has 0 saturated carbocycles. The van der Waals surface area contributed by atoms with E-state index in [2.05, 4.69) is 94.1 Å². The number of pyridine rings is 1. The molecule has 13 aliphatic heterocycles. The van der Waals surface area contributed by atoms with Gasteiger partial charge in [0.15, 0.2) is 0 Å². The lowest BCUT2D eigenvalue weighted by Gasteiger charge is -2.12. The summed E-state index contributed by atoms with van der Waals surface area (Å²) in [7, 11) is 0. The molecule has 0 fully saturated rings. The number of rotatable bonds is 0. The van der Waals surface area contributed by atoms with Gasteiger partial charge in [0.2, 0.25) is 0 Å². The van der Waals surface area contributed by atoms with Crippen LogP contribution in [0.1, 0.15) is 28.7 Å². The van der Waals surface area contributed by atoms with Gasteiger partial charge < -0.3 is 23.5 Å². The molecule has 5 aromatic carbocycles. The summed E-state index contributed by atoms with van der Waals surface area (Å²) in [5.74, 6) is 2.41. The van der Waals surface area contributed by atoms with E-state index < -0.39 is 0 Å². The Hall–Kier alpha value is -5.63. The number of nitrogens with zero attached hydrogens (tertiary/aromatic N) is 3. The van der Waals surface area contributed by atoms with Gasteiger partial charge in [0, 0.05) is 33.7 Å². The minimum absolute atomic E-state index is 0.508. The van der Waals surface area contributed by atoms with Crippen molar-refractivity contribution < 1.29 is 18.9 Å². The standard InChI is InChI=1S/C42H33N3O4/c1-16-48-32-8-6-31(7-9-32)44-38-11-2-27-18-34(38)35-19-28(3-12-39(35)44)24-47-26-30-5-14-41-37(21-30)36-20-29(25-46-23-27)4-13-40(36)45(41)42-15-10-33(22-43-42)49-17-1/h2-15,18-22H,1,16-17,23-26H2. The number of ether oxygens (including phenoxy) is 4. The molecule has 0 radical (unpaired) electrons. The molecule has 3 aromatic heterocycles. The van der Waals surface area contributed by atoms with Gasteiger partial charge in [0.05, 0.1) is 67.9 Å². The van der Waals surface area contributed by atoms with Crippen LogP contribution in [-0.4, -0.2) is 27.3 Å². The van der Waals surface area contributed by atoms with Gasteiger partial charge in [-0.3, -0.25) is 4.57 Å². The predicted octanol–water partition coefficient (Wildman–Crippen LogP) is 9.18. The Bertz CT molecular complexity index is 2230. The minimum atomic E-state index is 0.508. The molecule has 18 bridgehead atoms. The van der Waals surface area contributed by atoms with Crippen LogP contribution in [0.25, 0.3) is 55.1 Å². The summed E-state index contributed by atoms with van der Waals surface area (Å²) in [5.41, 5.74) is 10.1. The lowest BCUT2D eigenvalue weighted by molar-refractivity contribution is 0.107. The SMILES string of the molecule is c1cc2c3cc1COCc1ccc4c(c1)c1cc5ccc1n4-c1ccc(cn1)OCCCOc1ccc(cc1)-n2c1ccc(cc31)COC5. The van der Waals surface area contributed by atoms with Crippen molar-refractivity contribution in [2.75, 3.05) is 13.2 Å². The first-order valence-corrected chi connectivity index (χ1v) is 16.9. The molecule has 0 amide bonds. The summed E-state index contributed by atoms with van der Waals surface area (Å²) in [5, 5.41) is 4.71. The van der Waals surface area contributed by atoms with Crippen LogP contribution in [0.15, 0.2) is 115 Å². The summed E-state index contributed by atoms with van der Waals surface area (Å²) in [6.45, 7) is 3.14. The Morgan fingerprint density at radius 1 is 0.449 bits per heavy atom. The lowest BCUT2D eigenvalue weighted by atomic mass is 10.1. The van der Waals surface area contributed by atoms with E-state index in [1.54, 1.807) is 6.20 Å². The molecule has 0 N–H and O–H groups in total. The third-order valence-corrected chi connectivity index (χ3v) is 9.73. The van der Waals surface area contributed by atoms with Gasteiger partial charge in [0.25, 0.3) is 0 Å². The molecule has 0 spiro atoms. The Morgan fingerprint density at radius 2 is 0.898 bits per heavy atom. The van der Waals surface area contributed by atoms with Crippen LogP contribution in [0.5, 0.6) is 11.5 Å². The summed E-state index contributed by atoms with van der Waals surface area (Å²) in [6.07, 6.45) is 2.56. The Labute approximate surface area is 282 Å². The van der Waals surface area contributed by atoms with Gasteiger partial charge in [0.1, 0.15) is 17.3 Å². The molecule has 0 saturated heterocycles. The van der Waals surface area contributed by atoms with Crippen LogP contribution in [0, 0.1) is 0 Å². The summed E-state index contributed by atoms with van der Waals surface area (Å²) >= 11 is 0. The lowest BCUT2D eigenvalue weighted by Crippen LogP contribution is -2.06. The second-order valence-electron chi connectivity index (χ2n) is 13.0. The van der Waals surface area contributed by atoms with E-state index in [-0.39, 0.29) is 0 Å². The van der Waals surface area contributed by atoms with Crippen molar-refractivity contribution in [2.45, 2.75) is 32.8 Å². The molecule has 0 atom stereocenters. The molecule has 8 aromatic rings. The molecule has 21 rings (SSSR count). The monoisotopic (exact) mass is 643 g/mol. The minimum Gasteiger partial charge on any atom is -0.493 e. The predicted molar refractivity (Wildman–Crippen MR) is 192 cm³/mol. The number of hydrogen-bond donors (Lipinski definition) is 0. The van der Waals surface area contributed by atoms with Crippen molar-refractivity contribution in [1.82, 2.24) is 14.1 Å². The number of benzene rings is 5. The first-order chi connectivity index (χ1) is 24.2. The van der Waals surface area contributed by atoms with Crippen LogP contribution in [-0.2, 0) is 35.9 Å². The zero-order valence-electron chi connectivity index (χ0n) is 26.9. The van der Waals surface area contributed by atoms with E-state index in [1.807, 2.05) is 24.3 Å². The van der Waals surface area contributed by atoms with Crippen LogP contribution in [0.3, 0.4) is 0 Å². The molecule has 49 heavy (non-hydrogen) atoms. The van der Waals surface area contributed by atoms with Crippen molar-refractivity contribution in [2.24, 2.45) is 0 Å². The van der Waals surface area contributed by atoms with Gasteiger partial charge in [-0.1, -0.05) is 24.3 Å². The molecule has 240 valence electrons. The second kappa shape index (κ2) is 11.5. The normalized spacial score (nSPS) is 14.9. The zero-order chi connectivity index (χ0) is 32.3. The maximum Gasteiger partial charge on any atom is 0.137 e. The van der Waals surface area contributed by atoms with Gasteiger partial charge in [-0.2, -0.15) is 0 Å². The number of hydrogen-bond acceptors (Lipinski definition) is 5. The number of aromatic nitrogens is 3. The van der Waals surface area contributed by atoms with E-state index in [0.29, 0.717) is 39.6 Å². The largest absolute Gasteiger partial charge is 0.493 e. The smallest absolute Gasteiger partial charge is 0.137 e. The fourth-order valence-corrected chi connectivity index (χ4v) is 7.41. The van der Waals surface area contributed by atoms with E-state index in [9.17, 15) is 0 Å². The molecular weight excluding hydrogens is 610 g/mol. The van der Waals surface area contributed by atoms with E-state index in [1.165, 1.54) is 10.8 Å². The van der Waals surface area contributed by atoms with E-state index in [0.717, 1.165) is 84.5 Å². The van der Waals surface area contributed by atoms with Crippen LogP contribution >= 0.6 is 0 Å². The second-order valence-corrected chi connectivity index (χ2v) is 13.0. The fraction of sp³-hybridized carbons (Fsp3) is 0.167. The molecule has 7 nitrogen and oxygen atoms in total. The van der Waals surface area contributed by atoms with E-state index in [4.69, 9.17) is 23.9 Å². The third kappa shape index (κ3) is 4.93. The van der Waals surface area contributed by atoms with Crippen LogP contribution in [0.2, 0.25) is 0 Å². The van der Waals surface area contributed by atoms with Gasteiger partial charge in [-0.25, -0.2) is 4.98 Å². The highest BCUT2D eigenvalue weighted by Crippen LogP contribution is 2.36. The average Bonchev–Trinajstić information content (AvgIpc) is 3.63. The van der Waals surface area contributed by atoms with Gasteiger partial charge in [-0.15, -0.1) is 0 Å². The Balaban J connectivity index is 1.16. The van der Waals surface area contributed by atoms with Crippen molar-refractivity contribution in [1.29, 1.82) is 0 Å². The first kappa shape index (κ1) is 28.4. The van der Waals surface area contributed by atoms with Crippen molar-refractivity contribution >= 4 is 43.6 Å². The molecule has 16 heterocycles. The third-order valence-electron chi connectivity index (χ3n) is 9.73. The van der Waals surface area contributed by atoms with Crippen molar-refractivity contribution in [3.8, 4) is 23.0 Å². The maximum absolute atomic E-state index is 6.38. The van der Waals surface area contributed by atoms with Gasteiger partial charge >= 0.3 is 0 Å². The average molecular weight is 644 g/mol. The topological polar surface area (TPSA) is 59.7 Å². The Kier molecular flexibility index (Phi) is 6.67. The van der Waals surface area contributed by atoms with Crippen LogP contribution < -0.4 is 9.47 Å². The molecule has 0 aliphatic carbocycles. The highest BCUT2D eigenvalue weighted by Gasteiger charge is 2.17. The van der Waals surface area contributed by atoms with Crippen molar-refractivity contribution in [3.63, 3.8) is 0 Å². The summed E-state index contributed by atoms with van der Waals surface area (Å²) < 4.78 is 29.5. The van der Waals surface area contributed by atoms with Crippen LogP contribution in [0.4, 0.5) is 0 Å². The highest BCUT2D eigenvalue weighted by atomic mass is 16.5. The molecule has 13 aliphatic rings. The Morgan fingerprint density at radius 3 is 1.37 bits per heavy atom. The molecule has 7 heteroatoms. The molecular formula is C42H33N3O4. The quantitative estimate of drug-likeness (QED) is 0.165. The molecule has 0 unspecified atom stereocenters. The van der Waals surface area contributed by atoms with Gasteiger partial charge in [-0.05, 0) is 107 Å². The fourth-order valence-electron chi connectivity index (χ4n) is 7.41. The maximum atomic E-state index is 6.38. The van der Waals surface area contributed by atoms with Crippen molar-refractivity contribution in [3.05, 3.63) is 138 Å². The summed E-state index contributed by atoms with van der Waals surface area (Å²) in [4.78, 5) is 4.85.